The first-order valence-corrected chi connectivity index (χ1v) is 9.02. The van der Waals surface area contributed by atoms with E-state index in [1.165, 1.54) is 35.5 Å². The number of carbonyl (C=O) groups is 1. The zero-order valence-electron chi connectivity index (χ0n) is 12.8. The zero-order chi connectivity index (χ0) is 17.1. The average Bonchev–Trinajstić information content (AvgIpc) is 2.99. The fourth-order valence-corrected chi connectivity index (χ4v) is 4.28. The summed E-state index contributed by atoms with van der Waals surface area (Å²) in [6.45, 7) is 1.56. The van der Waals surface area contributed by atoms with Gasteiger partial charge in [0.05, 0.1) is 10.3 Å². The lowest BCUT2D eigenvalue weighted by atomic mass is 10.1. The monoisotopic (exact) mass is 359 g/mol. The van der Waals surface area contributed by atoms with Gasteiger partial charge < -0.3 is 0 Å². The van der Waals surface area contributed by atoms with Gasteiger partial charge in [-0.3, -0.25) is 14.9 Å². The summed E-state index contributed by atoms with van der Waals surface area (Å²) in [6.07, 6.45) is 1.98. The summed E-state index contributed by atoms with van der Waals surface area (Å²) in [4.78, 5) is 31.2. The molecule has 6 nitrogen and oxygen atoms in total. The Morgan fingerprint density at radius 1 is 1.38 bits per heavy atom. The van der Waals surface area contributed by atoms with E-state index >= 15 is 0 Å². The van der Waals surface area contributed by atoms with Crippen LogP contribution in [0.3, 0.4) is 0 Å². The summed E-state index contributed by atoms with van der Waals surface area (Å²) >= 11 is 2.98. The number of nitrogens with zero attached hydrogens (tertiary/aromatic N) is 3. The Hall–Kier alpha value is -2.32. The Kier molecular flexibility index (Phi) is 4.86. The minimum absolute atomic E-state index is 0.0504. The number of hydrogen-bond acceptors (Lipinski definition) is 7. The summed E-state index contributed by atoms with van der Waals surface area (Å²) in [6, 6.07) is 6.53. The normalized spacial score (nSPS) is 10.9. The Morgan fingerprint density at radius 3 is 2.96 bits per heavy atom. The van der Waals surface area contributed by atoms with Crippen molar-refractivity contribution in [1.82, 2.24) is 9.97 Å². The van der Waals surface area contributed by atoms with Crippen molar-refractivity contribution < 1.29 is 9.72 Å². The van der Waals surface area contributed by atoms with Crippen LogP contribution < -0.4 is 0 Å². The standard InChI is InChI=1S/C16H13N3O3S2/c1-10(20)5-6-23-15-14-13(8-24-16(14)18-9-17-15)11-3-2-4-12(7-11)19(21)22/h2-4,7-9H,5-6H2,1H3. The van der Waals surface area contributed by atoms with Crippen molar-refractivity contribution in [1.29, 1.82) is 0 Å². The number of aromatic nitrogens is 2. The molecule has 0 atom stereocenters. The van der Waals surface area contributed by atoms with Crippen LogP contribution in [-0.2, 0) is 4.79 Å². The second-order valence-electron chi connectivity index (χ2n) is 5.12. The summed E-state index contributed by atoms with van der Waals surface area (Å²) in [5.41, 5.74) is 1.69. The van der Waals surface area contributed by atoms with E-state index in [9.17, 15) is 14.9 Å². The molecule has 0 fully saturated rings. The molecule has 3 rings (SSSR count). The second kappa shape index (κ2) is 7.06. The highest BCUT2D eigenvalue weighted by Gasteiger charge is 2.15. The van der Waals surface area contributed by atoms with Gasteiger partial charge in [0.2, 0.25) is 0 Å². The Bertz CT molecular complexity index is 924. The van der Waals surface area contributed by atoms with Crippen LogP contribution in [0.2, 0.25) is 0 Å². The fraction of sp³-hybridized carbons (Fsp3) is 0.188. The number of ketones is 1. The van der Waals surface area contributed by atoms with Gasteiger partial charge in [0.25, 0.3) is 5.69 Å². The topological polar surface area (TPSA) is 86.0 Å². The van der Waals surface area contributed by atoms with Crippen molar-refractivity contribution in [3.05, 3.63) is 46.1 Å². The molecule has 0 saturated heterocycles. The van der Waals surface area contributed by atoms with Gasteiger partial charge in [-0.1, -0.05) is 12.1 Å². The molecule has 0 amide bonds. The van der Waals surface area contributed by atoms with E-state index < -0.39 is 4.92 Å². The Morgan fingerprint density at radius 2 is 2.21 bits per heavy atom. The summed E-state index contributed by atoms with van der Waals surface area (Å²) in [5, 5.41) is 14.6. The molecule has 122 valence electrons. The second-order valence-corrected chi connectivity index (χ2v) is 7.06. The average molecular weight is 359 g/mol. The molecule has 0 aliphatic carbocycles. The SMILES string of the molecule is CC(=O)CCSc1ncnc2scc(-c3cccc([N+](=O)[O-])c3)c12. The molecule has 0 N–H and O–H groups in total. The van der Waals surface area contributed by atoms with E-state index in [-0.39, 0.29) is 11.5 Å². The number of fused-ring (bicyclic) bond motifs is 1. The van der Waals surface area contributed by atoms with Crippen molar-refractivity contribution in [3.63, 3.8) is 0 Å². The van der Waals surface area contributed by atoms with Gasteiger partial charge in [-0.05, 0) is 12.5 Å². The lowest BCUT2D eigenvalue weighted by molar-refractivity contribution is -0.384. The fourth-order valence-electron chi connectivity index (χ4n) is 2.25. The van der Waals surface area contributed by atoms with Crippen molar-refractivity contribution in [2.75, 3.05) is 5.75 Å². The largest absolute Gasteiger partial charge is 0.300 e. The summed E-state index contributed by atoms with van der Waals surface area (Å²) in [7, 11) is 0. The molecule has 1 aromatic carbocycles. The van der Waals surface area contributed by atoms with E-state index in [1.54, 1.807) is 19.1 Å². The smallest absolute Gasteiger partial charge is 0.270 e. The molecule has 0 spiro atoms. The van der Waals surface area contributed by atoms with E-state index in [2.05, 4.69) is 9.97 Å². The third-order valence-corrected chi connectivity index (χ3v) is 5.27. The highest BCUT2D eigenvalue weighted by atomic mass is 32.2. The van der Waals surface area contributed by atoms with Gasteiger partial charge >= 0.3 is 0 Å². The number of nitro groups is 1. The molecular formula is C16H13N3O3S2. The van der Waals surface area contributed by atoms with Crippen molar-refractivity contribution >= 4 is 44.8 Å². The van der Waals surface area contributed by atoms with Gasteiger partial charge in [0, 0.05) is 35.2 Å². The van der Waals surface area contributed by atoms with Crippen LogP contribution in [0.25, 0.3) is 21.3 Å². The lowest BCUT2D eigenvalue weighted by Crippen LogP contribution is -1.93. The molecule has 2 aromatic heterocycles. The number of hydrogen-bond donors (Lipinski definition) is 0. The molecule has 0 bridgehead atoms. The van der Waals surface area contributed by atoms with E-state index in [4.69, 9.17) is 0 Å². The zero-order valence-corrected chi connectivity index (χ0v) is 14.4. The predicted molar refractivity (Wildman–Crippen MR) is 95.5 cm³/mol. The first-order chi connectivity index (χ1) is 11.6. The third-order valence-electron chi connectivity index (χ3n) is 3.40. The molecule has 2 heterocycles. The predicted octanol–water partition coefficient (Wildman–Crippen LogP) is 4.34. The minimum Gasteiger partial charge on any atom is -0.300 e. The van der Waals surface area contributed by atoms with Gasteiger partial charge in [-0.2, -0.15) is 0 Å². The molecule has 0 radical (unpaired) electrons. The molecule has 3 aromatic rings. The van der Waals surface area contributed by atoms with Crippen LogP contribution in [0.15, 0.2) is 41.0 Å². The number of thiophene rings is 1. The summed E-state index contributed by atoms with van der Waals surface area (Å²) in [5.74, 6) is 0.781. The molecule has 24 heavy (non-hydrogen) atoms. The molecule has 0 unspecified atom stereocenters. The maximum Gasteiger partial charge on any atom is 0.270 e. The molecule has 0 aliphatic rings. The van der Waals surface area contributed by atoms with Crippen molar-refractivity contribution in [2.24, 2.45) is 0 Å². The maximum absolute atomic E-state index is 11.1. The van der Waals surface area contributed by atoms with E-state index in [0.29, 0.717) is 12.2 Å². The van der Waals surface area contributed by atoms with Crippen LogP contribution in [0.5, 0.6) is 0 Å². The number of nitro benzene ring substituents is 1. The minimum atomic E-state index is -0.406. The quantitative estimate of drug-likeness (QED) is 0.282. The number of benzene rings is 1. The molecule has 0 saturated carbocycles. The van der Waals surface area contributed by atoms with Crippen molar-refractivity contribution in [3.8, 4) is 11.1 Å². The van der Waals surface area contributed by atoms with Gasteiger partial charge in [-0.15, -0.1) is 23.1 Å². The first-order valence-electron chi connectivity index (χ1n) is 7.15. The number of carbonyl (C=O) groups excluding carboxylic acids is 1. The van der Waals surface area contributed by atoms with Crippen LogP contribution in [-0.4, -0.2) is 26.4 Å². The number of rotatable bonds is 6. The van der Waals surface area contributed by atoms with Crippen LogP contribution >= 0.6 is 23.1 Å². The van der Waals surface area contributed by atoms with Crippen LogP contribution in [0, 0.1) is 10.1 Å². The lowest BCUT2D eigenvalue weighted by Gasteiger charge is -2.05. The maximum atomic E-state index is 11.1. The van der Waals surface area contributed by atoms with Gasteiger partial charge in [-0.25, -0.2) is 9.97 Å². The highest BCUT2D eigenvalue weighted by molar-refractivity contribution is 7.99. The van der Waals surface area contributed by atoms with Gasteiger partial charge in [0.15, 0.2) is 0 Å². The van der Waals surface area contributed by atoms with Gasteiger partial charge in [0.1, 0.15) is 22.0 Å². The van der Waals surface area contributed by atoms with E-state index in [0.717, 1.165) is 26.4 Å². The van der Waals surface area contributed by atoms with E-state index in [1.807, 2.05) is 11.4 Å². The van der Waals surface area contributed by atoms with Crippen molar-refractivity contribution in [2.45, 2.75) is 18.4 Å². The Balaban J connectivity index is 2.04. The summed E-state index contributed by atoms with van der Waals surface area (Å²) < 4.78 is 0. The molecule has 0 aliphatic heterocycles. The van der Waals surface area contributed by atoms with Crippen LogP contribution in [0.4, 0.5) is 5.69 Å². The Labute approximate surface area is 146 Å². The van der Waals surface area contributed by atoms with Crippen LogP contribution in [0.1, 0.15) is 13.3 Å². The third kappa shape index (κ3) is 3.44. The first kappa shape index (κ1) is 16.5. The molecule has 8 heteroatoms. The highest BCUT2D eigenvalue weighted by Crippen LogP contribution is 2.38. The number of thioether (sulfide) groups is 1. The molecular weight excluding hydrogens is 346 g/mol. The number of non-ortho nitro benzene ring substituents is 1. The number of Topliss-reactive ketones (excluding diaryl/α,β-unsaturated/α-hetero) is 1.